The number of nitriles is 1. The van der Waals surface area contributed by atoms with Crippen molar-refractivity contribution in [3.8, 4) is 17.2 Å². The van der Waals surface area contributed by atoms with E-state index >= 15 is 0 Å². The van der Waals surface area contributed by atoms with Crippen LogP contribution in [-0.2, 0) is 0 Å². The van der Waals surface area contributed by atoms with Gasteiger partial charge in [-0.05, 0) is 40.6 Å². The van der Waals surface area contributed by atoms with Gasteiger partial charge in [-0.2, -0.15) is 5.26 Å². The SMILES string of the molecule is N#Cc1nc(C2CCCC(C3CCCCCCC3)C2)c2nonc2c1-c1ccccc1. The fourth-order valence-corrected chi connectivity index (χ4v) is 5.97. The van der Waals surface area contributed by atoms with Gasteiger partial charge in [-0.1, -0.05) is 88.1 Å². The molecule has 0 amide bonds. The summed E-state index contributed by atoms with van der Waals surface area (Å²) in [6, 6.07) is 12.2. The van der Waals surface area contributed by atoms with Gasteiger partial charge in [0.2, 0.25) is 0 Å². The highest BCUT2D eigenvalue weighted by Crippen LogP contribution is 2.44. The smallest absolute Gasteiger partial charge is 0.157 e. The van der Waals surface area contributed by atoms with Gasteiger partial charge < -0.3 is 0 Å². The van der Waals surface area contributed by atoms with Crippen molar-refractivity contribution in [1.82, 2.24) is 15.3 Å². The van der Waals surface area contributed by atoms with E-state index in [1.165, 1.54) is 57.8 Å². The summed E-state index contributed by atoms with van der Waals surface area (Å²) >= 11 is 0. The molecule has 2 fully saturated rings. The minimum atomic E-state index is 0.329. The average molecular weight is 415 g/mol. The Balaban J connectivity index is 1.49. The summed E-state index contributed by atoms with van der Waals surface area (Å²) in [4.78, 5) is 4.88. The molecule has 2 aliphatic rings. The first kappa shape index (κ1) is 20.2. The molecule has 2 unspecified atom stereocenters. The van der Waals surface area contributed by atoms with Crippen molar-refractivity contribution >= 4 is 11.0 Å². The Labute approximate surface area is 183 Å². The third kappa shape index (κ3) is 4.08. The van der Waals surface area contributed by atoms with Gasteiger partial charge in [-0.15, -0.1) is 0 Å². The van der Waals surface area contributed by atoms with Gasteiger partial charge in [0.15, 0.2) is 11.2 Å². The highest BCUT2D eigenvalue weighted by molar-refractivity contribution is 5.94. The number of benzene rings is 1. The highest BCUT2D eigenvalue weighted by atomic mass is 16.6. The van der Waals surface area contributed by atoms with E-state index in [1.807, 2.05) is 30.3 Å². The van der Waals surface area contributed by atoms with Crippen LogP contribution < -0.4 is 0 Å². The molecule has 0 saturated heterocycles. The van der Waals surface area contributed by atoms with E-state index in [-0.39, 0.29) is 0 Å². The summed E-state index contributed by atoms with van der Waals surface area (Å²) < 4.78 is 5.18. The first-order chi connectivity index (χ1) is 15.3. The quantitative estimate of drug-likeness (QED) is 0.471. The van der Waals surface area contributed by atoms with Crippen molar-refractivity contribution in [2.75, 3.05) is 0 Å². The van der Waals surface area contributed by atoms with Gasteiger partial charge in [0.25, 0.3) is 0 Å². The molecule has 0 aliphatic heterocycles. The van der Waals surface area contributed by atoms with E-state index in [9.17, 15) is 5.26 Å². The minimum Gasteiger partial charge on any atom is -0.243 e. The second-order valence-electron chi connectivity index (χ2n) is 9.39. The van der Waals surface area contributed by atoms with Crippen LogP contribution in [0.3, 0.4) is 0 Å². The summed E-state index contributed by atoms with van der Waals surface area (Å²) in [5.41, 5.74) is 4.41. The van der Waals surface area contributed by atoms with Crippen LogP contribution in [0.5, 0.6) is 0 Å². The minimum absolute atomic E-state index is 0.329. The van der Waals surface area contributed by atoms with Gasteiger partial charge in [-0.3, -0.25) is 0 Å². The maximum atomic E-state index is 9.92. The Kier molecular flexibility index (Phi) is 5.97. The largest absolute Gasteiger partial charge is 0.243 e. The fourth-order valence-electron chi connectivity index (χ4n) is 5.97. The fraction of sp³-hybridized carbons (Fsp3) is 0.538. The molecule has 31 heavy (non-hydrogen) atoms. The normalized spacial score (nSPS) is 23.2. The number of pyridine rings is 1. The van der Waals surface area contributed by atoms with Crippen LogP contribution in [0.1, 0.15) is 87.9 Å². The third-order valence-corrected chi connectivity index (χ3v) is 7.52. The Morgan fingerprint density at radius 3 is 2.29 bits per heavy atom. The lowest BCUT2D eigenvalue weighted by Crippen LogP contribution is -2.23. The lowest BCUT2D eigenvalue weighted by atomic mass is 9.70. The predicted octanol–water partition coefficient (Wildman–Crippen LogP) is 6.79. The molecule has 5 heteroatoms. The van der Waals surface area contributed by atoms with Crippen molar-refractivity contribution in [3.05, 3.63) is 41.7 Å². The van der Waals surface area contributed by atoms with Gasteiger partial charge in [0.05, 0.1) is 5.69 Å². The molecule has 5 rings (SSSR count). The molecule has 0 spiro atoms. The number of nitrogens with zero attached hydrogens (tertiary/aromatic N) is 4. The Morgan fingerprint density at radius 1 is 0.806 bits per heavy atom. The summed E-state index contributed by atoms with van der Waals surface area (Å²) in [6.45, 7) is 0. The van der Waals surface area contributed by atoms with E-state index in [0.29, 0.717) is 17.1 Å². The van der Waals surface area contributed by atoms with E-state index in [4.69, 9.17) is 9.61 Å². The zero-order chi connectivity index (χ0) is 21.0. The molecule has 0 bridgehead atoms. The summed E-state index contributed by atoms with van der Waals surface area (Å²) in [5, 5.41) is 18.4. The second-order valence-corrected chi connectivity index (χ2v) is 9.39. The number of hydrogen-bond acceptors (Lipinski definition) is 5. The Bertz CT molecular complexity index is 1060. The van der Waals surface area contributed by atoms with E-state index in [1.54, 1.807) is 0 Å². The standard InChI is InChI=1S/C26H30N4O/c27-17-22-23(19-12-7-4-8-13-19)25-26(30-31-29-25)24(28-22)21-15-9-14-20(16-21)18-10-5-2-1-3-6-11-18/h4,7-8,12-13,18,20-21H,1-3,5-6,9-11,14-16H2. The average Bonchev–Trinajstić information content (AvgIpc) is 3.28. The Hall–Kier alpha value is -2.74. The number of fused-ring (bicyclic) bond motifs is 1. The van der Waals surface area contributed by atoms with Crippen LogP contribution in [-0.4, -0.2) is 15.3 Å². The van der Waals surface area contributed by atoms with Crippen molar-refractivity contribution in [1.29, 1.82) is 5.26 Å². The van der Waals surface area contributed by atoms with Crippen LogP contribution in [0, 0.1) is 23.2 Å². The Morgan fingerprint density at radius 2 is 1.52 bits per heavy atom. The maximum absolute atomic E-state index is 9.92. The van der Waals surface area contributed by atoms with Crippen LogP contribution in [0.4, 0.5) is 0 Å². The van der Waals surface area contributed by atoms with E-state index in [0.717, 1.165) is 47.0 Å². The monoisotopic (exact) mass is 414 g/mol. The molecule has 2 atom stereocenters. The van der Waals surface area contributed by atoms with Crippen molar-refractivity contribution in [3.63, 3.8) is 0 Å². The zero-order valence-electron chi connectivity index (χ0n) is 18.1. The van der Waals surface area contributed by atoms with Gasteiger partial charge in [-0.25, -0.2) is 9.61 Å². The lowest BCUT2D eigenvalue weighted by Gasteiger charge is -2.35. The highest BCUT2D eigenvalue weighted by Gasteiger charge is 2.32. The molecule has 0 N–H and O–H groups in total. The molecule has 3 aromatic rings. The predicted molar refractivity (Wildman–Crippen MR) is 120 cm³/mol. The van der Waals surface area contributed by atoms with Crippen LogP contribution in [0.2, 0.25) is 0 Å². The zero-order valence-corrected chi connectivity index (χ0v) is 18.1. The van der Waals surface area contributed by atoms with Crippen LogP contribution >= 0.6 is 0 Å². The van der Waals surface area contributed by atoms with Gasteiger partial charge in [0.1, 0.15) is 11.6 Å². The molecule has 2 aromatic heterocycles. The molecule has 2 saturated carbocycles. The number of hydrogen-bond donors (Lipinski definition) is 0. The molecule has 0 radical (unpaired) electrons. The molecule has 160 valence electrons. The molecule has 1 aromatic carbocycles. The third-order valence-electron chi connectivity index (χ3n) is 7.52. The van der Waals surface area contributed by atoms with Crippen molar-refractivity contribution < 1.29 is 4.63 Å². The van der Waals surface area contributed by atoms with E-state index < -0.39 is 0 Å². The van der Waals surface area contributed by atoms with Crippen LogP contribution in [0.15, 0.2) is 35.0 Å². The second kappa shape index (κ2) is 9.18. The van der Waals surface area contributed by atoms with Crippen molar-refractivity contribution in [2.45, 2.75) is 76.5 Å². The number of aromatic nitrogens is 3. The topological polar surface area (TPSA) is 75.6 Å². The first-order valence-electron chi connectivity index (χ1n) is 12.0. The molecule has 2 heterocycles. The van der Waals surface area contributed by atoms with E-state index in [2.05, 4.69) is 16.4 Å². The van der Waals surface area contributed by atoms with Crippen molar-refractivity contribution in [2.24, 2.45) is 11.8 Å². The number of rotatable bonds is 3. The molecular weight excluding hydrogens is 384 g/mol. The first-order valence-corrected chi connectivity index (χ1v) is 12.0. The summed E-state index contributed by atoms with van der Waals surface area (Å²) in [7, 11) is 0. The van der Waals surface area contributed by atoms with Crippen LogP contribution in [0.25, 0.3) is 22.2 Å². The summed E-state index contributed by atoms with van der Waals surface area (Å²) in [5.74, 6) is 1.93. The molecule has 5 nitrogen and oxygen atoms in total. The molecular formula is C26H30N4O. The lowest BCUT2D eigenvalue weighted by molar-refractivity contribution is 0.192. The van der Waals surface area contributed by atoms with Gasteiger partial charge >= 0.3 is 0 Å². The van der Waals surface area contributed by atoms with Gasteiger partial charge in [0, 0.05) is 11.5 Å². The maximum Gasteiger partial charge on any atom is 0.157 e. The molecule has 2 aliphatic carbocycles. The summed E-state index contributed by atoms with van der Waals surface area (Å²) in [6.07, 6.45) is 14.5.